The Morgan fingerprint density at radius 3 is 2.08 bits per heavy atom. The fraction of sp³-hybridized carbons (Fsp3) is 0.857. The van der Waals surface area contributed by atoms with E-state index in [1.807, 2.05) is 0 Å². The topological polar surface area (TPSA) is 85.2 Å². The molecule has 0 aliphatic rings. The van der Waals surface area contributed by atoms with Crippen molar-refractivity contribution in [3.63, 3.8) is 0 Å². The minimum atomic E-state index is -0.997. The van der Waals surface area contributed by atoms with Crippen molar-refractivity contribution in [3.05, 3.63) is 0 Å². The van der Waals surface area contributed by atoms with Crippen molar-refractivity contribution in [2.24, 2.45) is 0 Å². The van der Waals surface area contributed by atoms with Gasteiger partial charge in [-0.05, 0) is 0 Å². The van der Waals surface area contributed by atoms with Crippen LogP contribution in [-0.2, 0) is 19.0 Å². The van der Waals surface area contributed by atoms with Crippen LogP contribution in [0.2, 0.25) is 0 Å². The molecule has 0 unspecified atom stereocenters. The Labute approximate surface area is 76.0 Å². The number of carboxylic acid groups (broad SMARTS) is 1. The molecule has 2 N–H and O–H groups in total. The number of ether oxygens (including phenoxy) is 3. The van der Waals surface area contributed by atoms with Crippen molar-refractivity contribution in [2.45, 2.75) is 0 Å². The van der Waals surface area contributed by atoms with Crippen molar-refractivity contribution >= 4 is 5.97 Å². The highest BCUT2D eigenvalue weighted by atomic mass is 16.6. The molecular weight excluding hydrogens is 180 g/mol. The fourth-order valence-electron chi connectivity index (χ4n) is 0.562. The van der Waals surface area contributed by atoms with Crippen LogP contribution in [-0.4, -0.2) is 56.0 Å². The third-order valence-corrected chi connectivity index (χ3v) is 1.06. The Balaban J connectivity index is 2.87. The molecule has 0 aliphatic heterocycles. The summed E-state index contributed by atoms with van der Waals surface area (Å²) in [5.74, 6) is -0.997. The smallest absolute Gasteiger partial charge is 0.329 e. The Hall–Kier alpha value is -0.690. The zero-order chi connectivity index (χ0) is 9.94. The molecule has 78 valence electrons. The normalized spacial score (nSPS) is 10.2. The molecule has 13 heavy (non-hydrogen) atoms. The monoisotopic (exact) mass is 194 g/mol. The zero-order valence-electron chi connectivity index (χ0n) is 7.27. The number of carboxylic acids is 1. The van der Waals surface area contributed by atoms with E-state index in [1.165, 1.54) is 0 Å². The maximum atomic E-state index is 9.96. The second-order valence-electron chi connectivity index (χ2n) is 2.10. The SMILES string of the molecule is O=C(O)COCCOCCOCO. The zero-order valence-corrected chi connectivity index (χ0v) is 7.27. The summed E-state index contributed by atoms with van der Waals surface area (Å²) in [6, 6.07) is 0. The first-order valence-corrected chi connectivity index (χ1v) is 3.83. The highest BCUT2D eigenvalue weighted by Gasteiger charge is 1.95. The van der Waals surface area contributed by atoms with Gasteiger partial charge in [0.15, 0.2) is 0 Å². The number of aliphatic hydroxyl groups excluding tert-OH is 1. The first-order chi connectivity index (χ1) is 6.27. The summed E-state index contributed by atoms with van der Waals surface area (Å²) < 4.78 is 14.2. The van der Waals surface area contributed by atoms with Gasteiger partial charge in [-0.2, -0.15) is 0 Å². The van der Waals surface area contributed by atoms with Crippen LogP contribution in [0.4, 0.5) is 0 Å². The highest BCUT2D eigenvalue weighted by Crippen LogP contribution is 1.80. The molecule has 0 aliphatic carbocycles. The number of carbonyl (C=O) groups is 1. The van der Waals surface area contributed by atoms with Crippen molar-refractivity contribution in [2.75, 3.05) is 39.8 Å². The Morgan fingerprint density at radius 1 is 1.00 bits per heavy atom. The quantitative estimate of drug-likeness (QED) is 0.364. The lowest BCUT2D eigenvalue weighted by Gasteiger charge is -2.03. The molecule has 0 fully saturated rings. The van der Waals surface area contributed by atoms with Gasteiger partial charge < -0.3 is 24.4 Å². The van der Waals surface area contributed by atoms with Crippen LogP contribution in [0.3, 0.4) is 0 Å². The molecular formula is C7H14O6. The average molecular weight is 194 g/mol. The van der Waals surface area contributed by atoms with Crippen LogP contribution in [0.25, 0.3) is 0 Å². The predicted octanol–water partition coefficient (Wildman–Crippen LogP) is -0.929. The van der Waals surface area contributed by atoms with E-state index in [0.29, 0.717) is 19.8 Å². The lowest BCUT2D eigenvalue weighted by molar-refractivity contribution is -0.142. The van der Waals surface area contributed by atoms with Crippen LogP contribution in [0.5, 0.6) is 0 Å². The molecule has 6 heteroatoms. The number of aliphatic hydroxyl groups is 1. The summed E-state index contributed by atoms with van der Waals surface area (Å²) >= 11 is 0. The van der Waals surface area contributed by atoms with E-state index in [0.717, 1.165) is 0 Å². The predicted molar refractivity (Wildman–Crippen MR) is 42.3 cm³/mol. The van der Waals surface area contributed by atoms with Crippen molar-refractivity contribution in [1.82, 2.24) is 0 Å². The molecule has 0 heterocycles. The molecule has 0 bridgehead atoms. The maximum absolute atomic E-state index is 9.96. The summed E-state index contributed by atoms with van der Waals surface area (Å²) in [5, 5.41) is 16.4. The van der Waals surface area contributed by atoms with Gasteiger partial charge in [0.05, 0.1) is 26.4 Å². The van der Waals surface area contributed by atoms with Gasteiger partial charge in [0, 0.05) is 0 Å². The number of rotatable bonds is 9. The van der Waals surface area contributed by atoms with E-state index >= 15 is 0 Å². The average Bonchev–Trinajstić information content (AvgIpc) is 2.09. The first-order valence-electron chi connectivity index (χ1n) is 3.83. The molecule has 0 aromatic rings. The van der Waals surface area contributed by atoms with Crippen LogP contribution in [0.1, 0.15) is 0 Å². The Bertz CT molecular complexity index is 126. The van der Waals surface area contributed by atoms with E-state index in [1.54, 1.807) is 0 Å². The summed E-state index contributed by atoms with van der Waals surface area (Å²) in [7, 11) is 0. The minimum Gasteiger partial charge on any atom is -0.480 e. The van der Waals surface area contributed by atoms with Crippen LogP contribution >= 0.6 is 0 Å². The Kier molecular flexibility index (Phi) is 8.90. The van der Waals surface area contributed by atoms with Gasteiger partial charge in [-0.15, -0.1) is 0 Å². The van der Waals surface area contributed by atoms with E-state index in [-0.39, 0.29) is 20.0 Å². The summed E-state index contributed by atoms with van der Waals surface area (Å²) in [4.78, 5) is 9.96. The van der Waals surface area contributed by atoms with Gasteiger partial charge in [0.1, 0.15) is 13.4 Å². The lowest BCUT2D eigenvalue weighted by atomic mass is 10.7. The Morgan fingerprint density at radius 2 is 1.54 bits per heavy atom. The van der Waals surface area contributed by atoms with Gasteiger partial charge in [-0.3, -0.25) is 0 Å². The third-order valence-electron chi connectivity index (χ3n) is 1.06. The first kappa shape index (κ1) is 12.3. The lowest BCUT2D eigenvalue weighted by Crippen LogP contribution is -2.13. The fourth-order valence-corrected chi connectivity index (χ4v) is 0.562. The molecule has 0 radical (unpaired) electrons. The van der Waals surface area contributed by atoms with Gasteiger partial charge in [-0.25, -0.2) is 4.79 Å². The molecule has 0 saturated heterocycles. The van der Waals surface area contributed by atoms with Crippen molar-refractivity contribution in [1.29, 1.82) is 0 Å². The summed E-state index contributed by atoms with van der Waals surface area (Å²) in [6.07, 6.45) is 0. The standard InChI is InChI=1S/C7H14O6/c8-6-13-4-2-11-1-3-12-5-7(9)10/h8H,1-6H2,(H,9,10). The van der Waals surface area contributed by atoms with Gasteiger partial charge in [0.25, 0.3) is 0 Å². The molecule has 0 spiro atoms. The number of aliphatic carboxylic acids is 1. The van der Waals surface area contributed by atoms with E-state index in [4.69, 9.17) is 14.9 Å². The van der Waals surface area contributed by atoms with Gasteiger partial charge >= 0.3 is 5.97 Å². The molecule has 0 rings (SSSR count). The summed E-state index contributed by atoms with van der Waals surface area (Å²) in [5.41, 5.74) is 0. The van der Waals surface area contributed by atoms with Crippen LogP contribution in [0, 0.1) is 0 Å². The molecule has 6 nitrogen and oxygen atoms in total. The van der Waals surface area contributed by atoms with E-state index in [9.17, 15) is 4.79 Å². The molecule has 0 saturated carbocycles. The molecule has 0 amide bonds. The second kappa shape index (κ2) is 9.40. The van der Waals surface area contributed by atoms with Crippen LogP contribution < -0.4 is 0 Å². The van der Waals surface area contributed by atoms with Crippen molar-refractivity contribution in [3.8, 4) is 0 Å². The largest absolute Gasteiger partial charge is 0.480 e. The van der Waals surface area contributed by atoms with Gasteiger partial charge in [-0.1, -0.05) is 0 Å². The third kappa shape index (κ3) is 11.3. The van der Waals surface area contributed by atoms with E-state index < -0.39 is 5.97 Å². The van der Waals surface area contributed by atoms with Crippen molar-refractivity contribution < 1.29 is 29.2 Å². The van der Waals surface area contributed by atoms with E-state index in [2.05, 4.69) is 9.47 Å². The minimum absolute atomic E-state index is 0.241. The summed E-state index contributed by atoms with van der Waals surface area (Å²) in [6.45, 7) is 0.606. The second-order valence-corrected chi connectivity index (χ2v) is 2.10. The highest BCUT2D eigenvalue weighted by molar-refractivity contribution is 5.67. The molecule has 0 aromatic carbocycles. The van der Waals surface area contributed by atoms with Gasteiger partial charge in [0.2, 0.25) is 0 Å². The number of hydrogen-bond acceptors (Lipinski definition) is 5. The van der Waals surface area contributed by atoms with Crippen LogP contribution in [0.15, 0.2) is 0 Å². The molecule has 0 atom stereocenters. The maximum Gasteiger partial charge on any atom is 0.329 e. The molecule has 0 aromatic heterocycles. The number of hydrogen-bond donors (Lipinski definition) is 2.